The van der Waals surface area contributed by atoms with Crippen LogP contribution >= 0.6 is 0 Å². The lowest BCUT2D eigenvalue weighted by Gasteiger charge is -2.29. The highest BCUT2D eigenvalue weighted by molar-refractivity contribution is 5.53. The summed E-state index contributed by atoms with van der Waals surface area (Å²) < 4.78 is 11.7. The Morgan fingerprint density at radius 1 is 0.926 bits per heavy atom. The topological polar surface area (TPSA) is 33.7 Å². The molecule has 0 bridgehead atoms. The Bertz CT molecular complexity index is 739. The van der Waals surface area contributed by atoms with Crippen LogP contribution in [0.2, 0.25) is 0 Å². The summed E-state index contributed by atoms with van der Waals surface area (Å²) >= 11 is 0. The van der Waals surface area contributed by atoms with Crippen LogP contribution in [0.15, 0.2) is 36.4 Å². The first-order chi connectivity index (χ1) is 13.2. The maximum atomic E-state index is 5.86. The average molecular weight is 369 g/mol. The van der Waals surface area contributed by atoms with Crippen LogP contribution in [-0.2, 0) is 6.42 Å². The minimum atomic E-state index is 0.189. The standard InChI is InChI=1S/C23H32N2O2/c1-5-25(6-2)19-11-9-17(10-12-19)23-20-16-22(27-8-4)21(26-7-3)15-18(20)13-14-24-23/h9-12,15-16,23-24H,5-8,13-14H2,1-4H3/t23-/m1/s1. The number of fused-ring (bicyclic) bond motifs is 1. The Morgan fingerprint density at radius 3 is 2.15 bits per heavy atom. The van der Waals surface area contributed by atoms with E-state index in [-0.39, 0.29) is 6.04 Å². The molecule has 146 valence electrons. The van der Waals surface area contributed by atoms with E-state index >= 15 is 0 Å². The molecular formula is C23H32N2O2. The molecule has 1 N–H and O–H groups in total. The number of hydrogen-bond acceptors (Lipinski definition) is 4. The third-order valence-corrected chi connectivity index (χ3v) is 5.21. The van der Waals surface area contributed by atoms with Gasteiger partial charge in [-0.3, -0.25) is 0 Å². The number of hydrogen-bond donors (Lipinski definition) is 1. The molecule has 2 aromatic carbocycles. The Balaban J connectivity index is 1.94. The number of anilines is 1. The molecule has 4 nitrogen and oxygen atoms in total. The van der Waals surface area contributed by atoms with Crippen molar-refractivity contribution in [2.75, 3.05) is 37.7 Å². The summed E-state index contributed by atoms with van der Waals surface area (Å²) in [4.78, 5) is 2.37. The van der Waals surface area contributed by atoms with Crippen molar-refractivity contribution in [2.24, 2.45) is 0 Å². The highest BCUT2D eigenvalue weighted by Gasteiger charge is 2.24. The van der Waals surface area contributed by atoms with Crippen LogP contribution in [-0.4, -0.2) is 32.8 Å². The summed E-state index contributed by atoms with van der Waals surface area (Å²) in [5.74, 6) is 1.70. The Hall–Kier alpha value is -2.20. The van der Waals surface area contributed by atoms with Crippen molar-refractivity contribution in [3.8, 4) is 11.5 Å². The smallest absolute Gasteiger partial charge is 0.161 e. The maximum absolute atomic E-state index is 5.86. The first kappa shape index (κ1) is 19.6. The summed E-state index contributed by atoms with van der Waals surface area (Å²) in [6, 6.07) is 13.5. The van der Waals surface area contributed by atoms with Gasteiger partial charge >= 0.3 is 0 Å². The first-order valence-corrected chi connectivity index (χ1v) is 10.2. The molecule has 0 saturated carbocycles. The van der Waals surface area contributed by atoms with Crippen LogP contribution in [0.5, 0.6) is 11.5 Å². The molecule has 1 atom stereocenters. The zero-order chi connectivity index (χ0) is 19.2. The second kappa shape index (κ2) is 9.14. The molecule has 4 heteroatoms. The lowest BCUT2D eigenvalue weighted by Crippen LogP contribution is -2.30. The largest absolute Gasteiger partial charge is 0.490 e. The number of nitrogens with zero attached hydrogens (tertiary/aromatic N) is 1. The van der Waals surface area contributed by atoms with Gasteiger partial charge in [0, 0.05) is 25.3 Å². The Labute approximate surface area is 163 Å². The molecular weight excluding hydrogens is 336 g/mol. The van der Waals surface area contributed by atoms with Crippen LogP contribution in [0.1, 0.15) is 50.4 Å². The van der Waals surface area contributed by atoms with Gasteiger partial charge in [-0.15, -0.1) is 0 Å². The van der Waals surface area contributed by atoms with Gasteiger partial charge in [0.1, 0.15) is 0 Å². The van der Waals surface area contributed by atoms with Gasteiger partial charge in [0.15, 0.2) is 11.5 Å². The van der Waals surface area contributed by atoms with Crippen molar-refractivity contribution in [1.29, 1.82) is 0 Å². The Kier molecular flexibility index (Phi) is 6.62. The van der Waals surface area contributed by atoms with Gasteiger partial charge in [0.2, 0.25) is 0 Å². The molecule has 0 amide bonds. The molecule has 0 aromatic heterocycles. The fourth-order valence-electron chi connectivity index (χ4n) is 3.86. The SMILES string of the molecule is CCOc1cc2c(cc1OCC)[C@@H](c1ccc(N(CC)CC)cc1)NCC2. The fourth-order valence-corrected chi connectivity index (χ4v) is 3.86. The third kappa shape index (κ3) is 4.22. The second-order valence-corrected chi connectivity index (χ2v) is 6.76. The van der Waals surface area contributed by atoms with E-state index in [1.807, 2.05) is 13.8 Å². The van der Waals surface area contributed by atoms with Crippen LogP contribution in [0.25, 0.3) is 0 Å². The zero-order valence-electron chi connectivity index (χ0n) is 17.0. The monoisotopic (exact) mass is 368 g/mol. The van der Waals surface area contributed by atoms with Crippen LogP contribution in [0, 0.1) is 0 Å². The first-order valence-electron chi connectivity index (χ1n) is 10.2. The van der Waals surface area contributed by atoms with Crippen LogP contribution < -0.4 is 19.7 Å². The van der Waals surface area contributed by atoms with Crippen molar-refractivity contribution < 1.29 is 9.47 Å². The molecule has 27 heavy (non-hydrogen) atoms. The maximum Gasteiger partial charge on any atom is 0.161 e. The van der Waals surface area contributed by atoms with Gasteiger partial charge in [-0.2, -0.15) is 0 Å². The van der Waals surface area contributed by atoms with Crippen molar-refractivity contribution in [3.63, 3.8) is 0 Å². The number of ether oxygens (including phenoxy) is 2. The van der Waals surface area contributed by atoms with Gasteiger partial charge in [-0.05, 0) is 75.1 Å². The zero-order valence-corrected chi connectivity index (χ0v) is 17.0. The lowest BCUT2D eigenvalue weighted by molar-refractivity contribution is 0.286. The van der Waals surface area contributed by atoms with Crippen molar-refractivity contribution in [1.82, 2.24) is 5.32 Å². The third-order valence-electron chi connectivity index (χ3n) is 5.21. The molecule has 3 rings (SSSR count). The molecule has 0 radical (unpaired) electrons. The van der Waals surface area contributed by atoms with E-state index in [4.69, 9.17) is 9.47 Å². The van der Waals surface area contributed by atoms with Gasteiger partial charge in [-0.25, -0.2) is 0 Å². The summed E-state index contributed by atoms with van der Waals surface area (Å²) in [5.41, 5.74) is 5.21. The lowest BCUT2D eigenvalue weighted by atomic mass is 9.89. The molecule has 0 saturated heterocycles. The summed E-state index contributed by atoms with van der Waals surface area (Å²) in [5, 5.41) is 3.68. The van der Waals surface area contributed by atoms with E-state index in [2.05, 4.69) is 60.5 Å². The summed E-state index contributed by atoms with van der Waals surface area (Å²) in [6.07, 6.45) is 1.01. The number of nitrogens with one attached hydrogen (secondary N) is 1. The molecule has 1 aliphatic rings. The summed E-state index contributed by atoms with van der Waals surface area (Å²) in [6.45, 7) is 12.7. The van der Waals surface area contributed by atoms with Crippen LogP contribution in [0.4, 0.5) is 5.69 Å². The number of benzene rings is 2. The Morgan fingerprint density at radius 2 is 1.56 bits per heavy atom. The van der Waals surface area contributed by atoms with Crippen LogP contribution in [0.3, 0.4) is 0 Å². The average Bonchev–Trinajstić information content (AvgIpc) is 2.70. The van der Waals surface area contributed by atoms with E-state index in [0.717, 1.165) is 37.6 Å². The normalized spacial score (nSPS) is 15.9. The summed E-state index contributed by atoms with van der Waals surface area (Å²) in [7, 11) is 0. The number of rotatable bonds is 8. The predicted molar refractivity (Wildman–Crippen MR) is 112 cm³/mol. The molecule has 1 aliphatic heterocycles. The molecule has 0 fully saturated rings. The molecule has 0 spiro atoms. The van der Waals surface area contributed by atoms with Gasteiger partial charge < -0.3 is 19.7 Å². The van der Waals surface area contributed by atoms with Gasteiger partial charge in [0.25, 0.3) is 0 Å². The second-order valence-electron chi connectivity index (χ2n) is 6.76. The fraction of sp³-hybridized carbons (Fsp3) is 0.478. The molecule has 0 unspecified atom stereocenters. The van der Waals surface area contributed by atoms with E-state index in [1.54, 1.807) is 0 Å². The quantitative estimate of drug-likeness (QED) is 0.740. The van der Waals surface area contributed by atoms with Gasteiger partial charge in [-0.1, -0.05) is 12.1 Å². The minimum Gasteiger partial charge on any atom is -0.490 e. The van der Waals surface area contributed by atoms with Crippen molar-refractivity contribution >= 4 is 5.69 Å². The van der Waals surface area contributed by atoms with E-state index in [1.165, 1.54) is 22.4 Å². The van der Waals surface area contributed by atoms with E-state index in [9.17, 15) is 0 Å². The minimum absolute atomic E-state index is 0.189. The highest BCUT2D eigenvalue weighted by atomic mass is 16.5. The van der Waals surface area contributed by atoms with Gasteiger partial charge in [0.05, 0.1) is 19.3 Å². The molecule has 2 aromatic rings. The highest BCUT2D eigenvalue weighted by Crippen LogP contribution is 2.38. The van der Waals surface area contributed by atoms with Crippen molar-refractivity contribution in [2.45, 2.75) is 40.2 Å². The van der Waals surface area contributed by atoms with E-state index < -0.39 is 0 Å². The van der Waals surface area contributed by atoms with Crippen molar-refractivity contribution in [3.05, 3.63) is 53.1 Å². The molecule has 1 heterocycles. The molecule has 0 aliphatic carbocycles. The van der Waals surface area contributed by atoms with E-state index in [0.29, 0.717) is 13.2 Å². The predicted octanol–water partition coefficient (Wildman–Crippen LogP) is 4.57.